The average molecular weight is 334 g/mol. The van der Waals surface area contributed by atoms with Crippen molar-refractivity contribution < 1.29 is 9.18 Å². The molecule has 0 fully saturated rings. The minimum atomic E-state index is -0.269. The summed E-state index contributed by atoms with van der Waals surface area (Å²) in [6.07, 6.45) is 3.56. The lowest BCUT2D eigenvalue weighted by atomic mass is 10.1. The largest absolute Gasteiger partial charge is 0.351 e. The molecule has 0 atom stereocenters. The highest BCUT2D eigenvalue weighted by atomic mass is 32.2. The maximum absolute atomic E-state index is 12.8. The van der Waals surface area contributed by atoms with Crippen LogP contribution in [-0.4, -0.2) is 32.4 Å². The van der Waals surface area contributed by atoms with Gasteiger partial charge in [0.1, 0.15) is 11.6 Å². The van der Waals surface area contributed by atoms with Crippen molar-refractivity contribution in [3.05, 3.63) is 41.5 Å². The minimum absolute atomic E-state index is 0.0595. The van der Waals surface area contributed by atoms with Crippen LogP contribution in [0.15, 0.2) is 29.4 Å². The van der Waals surface area contributed by atoms with E-state index >= 15 is 0 Å². The Bertz CT molecular complexity index is 689. The van der Waals surface area contributed by atoms with E-state index in [0.717, 1.165) is 5.56 Å². The summed E-state index contributed by atoms with van der Waals surface area (Å²) < 4.78 is 12.8. The Hall–Kier alpha value is -2.15. The first-order valence-corrected chi connectivity index (χ1v) is 8.10. The zero-order valence-electron chi connectivity index (χ0n) is 13.3. The van der Waals surface area contributed by atoms with E-state index in [9.17, 15) is 9.18 Å². The van der Waals surface area contributed by atoms with Crippen LogP contribution in [0.1, 0.15) is 32.2 Å². The molecule has 0 spiro atoms. The van der Waals surface area contributed by atoms with Crippen molar-refractivity contribution in [2.75, 3.05) is 5.75 Å². The molecule has 1 aromatic carbocycles. The first kappa shape index (κ1) is 17.2. The SMILES string of the molecule is CC(C)(C)NC(=O)CSc1n[nH]c(/C=C/c2ccc(F)cc2)n1. The third kappa shape index (κ3) is 6.23. The standard InChI is InChI=1S/C16H19FN4OS/c1-16(2,3)19-14(22)10-23-15-18-13(20-21-15)9-6-11-4-7-12(17)8-5-11/h4-9H,10H2,1-3H3,(H,19,22)(H,18,20,21)/b9-6+. The molecule has 23 heavy (non-hydrogen) atoms. The van der Waals surface area contributed by atoms with Crippen LogP contribution in [0.3, 0.4) is 0 Å². The molecule has 2 aromatic rings. The number of carbonyl (C=O) groups is 1. The fourth-order valence-corrected chi connectivity index (χ4v) is 2.34. The van der Waals surface area contributed by atoms with Gasteiger partial charge in [0, 0.05) is 5.54 Å². The van der Waals surface area contributed by atoms with Crippen LogP contribution in [0.25, 0.3) is 12.2 Å². The van der Waals surface area contributed by atoms with E-state index < -0.39 is 0 Å². The quantitative estimate of drug-likeness (QED) is 0.824. The Labute approximate surface area is 138 Å². The van der Waals surface area contributed by atoms with Gasteiger partial charge in [0.05, 0.1) is 5.75 Å². The molecule has 1 heterocycles. The van der Waals surface area contributed by atoms with Gasteiger partial charge in [-0.2, -0.15) is 0 Å². The van der Waals surface area contributed by atoms with Crippen molar-refractivity contribution in [1.82, 2.24) is 20.5 Å². The van der Waals surface area contributed by atoms with E-state index in [1.807, 2.05) is 20.8 Å². The van der Waals surface area contributed by atoms with E-state index in [2.05, 4.69) is 20.5 Å². The van der Waals surface area contributed by atoms with Crippen molar-refractivity contribution in [2.45, 2.75) is 31.5 Å². The molecule has 1 amide bonds. The van der Waals surface area contributed by atoms with Gasteiger partial charge >= 0.3 is 0 Å². The Morgan fingerprint density at radius 3 is 2.65 bits per heavy atom. The van der Waals surface area contributed by atoms with Gasteiger partial charge in [-0.1, -0.05) is 30.0 Å². The molecule has 122 valence electrons. The van der Waals surface area contributed by atoms with Gasteiger partial charge in [-0.05, 0) is 44.5 Å². The summed E-state index contributed by atoms with van der Waals surface area (Å²) in [7, 11) is 0. The minimum Gasteiger partial charge on any atom is -0.351 e. The monoisotopic (exact) mass is 334 g/mol. The summed E-state index contributed by atoms with van der Waals surface area (Å²) in [6.45, 7) is 5.79. The molecular formula is C16H19FN4OS. The molecule has 0 unspecified atom stereocenters. The number of aromatic amines is 1. The number of nitrogens with zero attached hydrogens (tertiary/aromatic N) is 2. The molecule has 0 saturated carbocycles. The third-order valence-corrected chi connectivity index (χ3v) is 3.48. The second-order valence-corrected chi connectivity index (χ2v) is 6.92. The Kier molecular flexibility index (Phi) is 5.54. The summed E-state index contributed by atoms with van der Waals surface area (Å²) >= 11 is 1.26. The third-order valence-electron chi connectivity index (χ3n) is 2.63. The van der Waals surface area contributed by atoms with Crippen molar-refractivity contribution >= 4 is 29.8 Å². The normalized spacial score (nSPS) is 11.8. The van der Waals surface area contributed by atoms with E-state index in [4.69, 9.17) is 0 Å². The molecular weight excluding hydrogens is 315 g/mol. The van der Waals surface area contributed by atoms with Gasteiger partial charge in [0.25, 0.3) is 0 Å². The van der Waals surface area contributed by atoms with Crippen molar-refractivity contribution in [2.24, 2.45) is 0 Å². The molecule has 0 aliphatic carbocycles. The van der Waals surface area contributed by atoms with Crippen LogP contribution < -0.4 is 5.32 Å². The van der Waals surface area contributed by atoms with Crippen molar-refractivity contribution in [3.8, 4) is 0 Å². The fraction of sp³-hybridized carbons (Fsp3) is 0.312. The molecule has 5 nitrogen and oxygen atoms in total. The summed E-state index contributed by atoms with van der Waals surface area (Å²) in [6, 6.07) is 6.15. The van der Waals surface area contributed by atoms with Crippen molar-refractivity contribution in [3.63, 3.8) is 0 Å². The number of halogens is 1. The number of rotatable bonds is 5. The summed E-state index contributed by atoms with van der Waals surface area (Å²) in [4.78, 5) is 16.0. The predicted octanol–water partition coefficient (Wildman–Crippen LogP) is 3.12. The van der Waals surface area contributed by atoms with Gasteiger partial charge in [-0.15, -0.1) is 5.10 Å². The number of aromatic nitrogens is 3. The zero-order chi connectivity index (χ0) is 16.9. The highest BCUT2D eigenvalue weighted by Crippen LogP contribution is 2.14. The number of hydrogen-bond donors (Lipinski definition) is 2. The molecule has 0 saturated heterocycles. The lowest BCUT2D eigenvalue weighted by molar-refractivity contribution is -0.119. The number of nitrogens with one attached hydrogen (secondary N) is 2. The van der Waals surface area contributed by atoms with Gasteiger partial charge in [-0.25, -0.2) is 9.37 Å². The number of H-pyrrole nitrogens is 1. The predicted molar refractivity (Wildman–Crippen MR) is 90.3 cm³/mol. The van der Waals surface area contributed by atoms with E-state index in [1.165, 1.54) is 23.9 Å². The van der Waals surface area contributed by atoms with Crippen LogP contribution in [-0.2, 0) is 4.79 Å². The summed E-state index contributed by atoms with van der Waals surface area (Å²) in [5, 5.41) is 10.2. The maximum Gasteiger partial charge on any atom is 0.230 e. The fourth-order valence-electron chi connectivity index (χ4n) is 1.73. The highest BCUT2D eigenvalue weighted by molar-refractivity contribution is 7.99. The van der Waals surface area contributed by atoms with Crippen LogP contribution in [0.4, 0.5) is 4.39 Å². The number of benzene rings is 1. The second-order valence-electron chi connectivity index (χ2n) is 5.97. The molecule has 0 aliphatic rings. The Morgan fingerprint density at radius 2 is 2.00 bits per heavy atom. The molecule has 7 heteroatoms. The Morgan fingerprint density at radius 1 is 1.30 bits per heavy atom. The number of thioether (sulfide) groups is 1. The summed E-state index contributed by atoms with van der Waals surface area (Å²) in [5.74, 6) is 0.508. The lowest BCUT2D eigenvalue weighted by Gasteiger charge is -2.19. The maximum atomic E-state index is 12.8. The van der Waals surface area contributed by atoms with Gasteiger partial charge in [-0.3, -0.25) is 9.89 Å². The first-order chi connectivity index (χ1) is 10.8. The summed E-state index contributed by atoms with van der Waals surface area (Å²) in [5.41, 5.74) is 0.612. The van der Waals surface area contributed by atoms with Crippen molar-refractivity contribution in [1.29, 1.82) is 0 Å². The average Bonchev–Trinajstić information content (AvgIpc) is 2.91. The second kappa shape index (κ2) is 7.41. The van der Waals surface area contributed by atoms with E-state index in [-0.39, 0.29) is 23.0 Å². The number of hydrogen-bond acceptors (Lipinski definition) is 4. The number of amides is 1. The molecule has 0 aliphatic heterocycles. The topological polar surface area (TPSA) is 70.7 Å². The van der Waals surface area contributed by atoms with Gasteiger partial charge in [0.15, 0.2) is 0 Å². The molecule has 2 rings (SSSR count). The molecule has 0 bridgehead atoms. The van der Waals surface area contributed by atoms with Crippen LogP contribution >= 0.6 is 11.8 Å². The zero-order valence-corrected chi connectivity index (χ0v) is 14.1. The molecule has 2 N–H and O–H groups in total. The van der Waals surface area contributed by atoms with E-state index in [1.54, 1.807) is 24.3 Å². The first-order valence-electron chi connectivity index (χ1n) is 7.12. The molecule has 0 radical (unpaired) electrons. The van der Waals surface area contributed by atoms with Gasteiger partial charge in [0.2, 0.25) is 11.1 Å². The Balaban J connectivity index is 1.88. The van der Waals surface area contributed by atoms with Crippen LogP contribution in [0, 0.1) is 5.82 Å². The van der Waals surface area contributed by atoms with Crippen LogP contribution in [0.2, 0.25) is 0 Å². The smallest absolute Gasteiger partial charge is 0.230 e. The highest BCUT2D eigenvalue weighted by Gasteiger charge is 2.14. The lowest BCUT2D eigenvalue weighted by Crippen LogP contribution is -2.41. The van der Waals surface area contributed by atoms with E-state index in [0.29, 0.717) is 11.0 Å². The van der Waals surface area contributed by atoms with Crippen LogP contribution in [0.5, 0.6) is 0 Å². The van der Waals surface area contributed by atoms with Gasteiger partial charge < -0.3 is 5.32 Å². The number of carbonyl (C=O) groups excluding carboxylic acids is 1. The molecule has 1 aromatic heterocycles.